The molecule has 0 saturated heterocycles. The van der Waals surface area contributed by atoms with Crippen molar-refractivity contribution in [1.29, 1.82) is 0 Å². The van der Waals surface area contributed by atoms with Crippen LogP contribution >= 0.6 is 34.8 Å². The highest BCUT2D eigenvalue weighted by molar-refractivity contribution is 6.43. The molecule has 0 spiro atoms. The summed E-state index contributed by atoms with van der Waals surface area (Å²) in [6, 6.07) is 1.45. The smallest absolute Gasteiger partial charge is 0.331 e. The molecule has 0 bridgehead atoms. The second-order valence-electron chi connectivity index (χ2n) is 4.06. The van der Waals surface area contributed by atoms with Crippen LogP contribution in [0.25, 0.3) is 6.08 Å². The number of hydrogen-bond acceptors (Lipinski definition) is 2. The van der Waals surface area contributed by atoms with Crippen LogP contribution in [-0.4, -0.2) is 11.1 Å². The number of anilines is 1. The first kappa shape index (κ1) is 16.2. The lowest BCUT2D eigenvalue weighted by molar-refractivity contribution is -0.132. The van der Waals surface area contributed by atoms with Crippen LogP contribution in [0.3, 0.4) is 0 Å². The molecule has 0 aliphatic heterocycles. The zero-order chi connectivity index (χ0) is 14.6. The van der Waals surface area contributed by atoms with Gasteiger partial charge in [0, 0.05) is 11.1 Å². The van der Waals surface area contributed by atoms with Crippen molar-refractivity contribution < 1.29 is 9.90 Å². The summed E-state index contributed by atoms with van der Waals surface area (Å²) in [7, 11) is 0. The van der Waals surface area contributed by atoms with Crippen molar-refractivity contribution in [3.63, 3.8) is 0 Å². The predicted molar refractivity (Wildman–Crippen MR) is 81.0 cm³/mol. The molecule has 19 heavy (non-hydrogen) atoms. The predicted octanol–water partition coefficient (Wildman–Crippen LogP) is 4.89. The van der Waals surface area contributed by atoms with E-state index in [2.05, 4.69) is 0 Å². The molecule has 0 saturated carbocycles. The molecule has 104 valence electrons. The Balaban J connectivity index is 3.28. The van der Waals surface area contributed by atoms with Crippen molar-refractivity contribution in [2.75, 3.05) is 5.73 Å². The van der Waals surface area contributed by atoms with Crippen LogP contribution in [0.1, 0.15) is 31.7 Å². The van der Waals surface area contributed by atoms with Crippen LogP contribution in [0.15, 0.2) is 11.6 Å². The number of aliphatic carboxylic acids is 1. The Morgan fingerprint density at radius 2 is 2.00 bits per heavy atom. The molecule has 0 aromatic heterocycles. The number of unbranched alkanes of at least 4 members (excludes halogenated alkanes) is 1. The SMILES string of the molecule is CCCCC(=Cc1c(Cl)cc(Cl)c(N)c1Cl)C(=O)O. The fourth-order valence-electron chi connectivity index (χ4n) is 1.54. The van der Waals surface area contributed by atoms with Crippen molar-refractivity contribution in [2.45, 2.75) is 26.2 Å². The third kappa shape index (κ3) is 4.03. The summed E-state index contributed by atoms with van der Waals surface area (Å²) in [5, 5.41) is 9.85. The summed E-state index contributed by atoms with van der Waals surface area (Å²) < 4.78 is 0. The van der Waals surface area contributed by atoms with Gasteiger partial charge in [-0.1, -0.05) is 48.1 Å². The Labute approximate surface area is 127 Å². The molecule has 1 rings (SSSR count). The van der Waals surface area contributed by atoms with Gasteiger partial charge in [0.05, 0.1) is 20.8 Å². The number of nitrogens with two attached hydrogens (primary N) is 1. The molecule has 3 nitrogen and oxygen atoms in total. The van der Waals surface area contributed by atoms with E-state index in [1.807, 2.05) is 6.92 Å². The standard InChI is InChI=1S/C13H14Cl3NO2/c1-2-3-4-7(13(18)19)5-8-9(14)6-10(15)12(17)11(8)16/h5-6H,2-4,17H2,1H3,(H,18,19). The lowest BCUT2D eigenvalue weighted by atomic mass is 10.0. The Kier molecular flexibility index (Phi) is 5.98. The van der Waals surface area contributed by atoms with Gasteiger partial charge < -0.3 is 10.8 Å². The average Bonchev–Trinajstić information content (AvgIpc) is 2.35. The third-order valence-corrected chi connectivity index (χ3v) is 3.67. The van der Waals surface area contributed by atoms with Gasteiger partial charge >= 0.3 is 5.97 Å². The molecule has 0 aliphatic rings. The minimum Gasteiger partial charge on any atom is -0.478 e. The van der Waals surface area contributed by atoms with E-state index in [4.69, 9.17) is 45.6 Å². The first-order valence-corrected chi connectivity index (χ1v) is 6.88. The number of benzene rings is 1. The molecule has 0 aliphatic carbocycles. The molecule has 1 aromatic rings. The number of carbonyl (C=O) groups is 1. The van der Waals surface area contributed by atoms with Crippen LogP contribution in [0.5, 0.6) is 0 Å². The van der Waals surface area contributed by atoms with Gasteiger partial charge in [0.2, 0.25) is 0 Å². The zero-order valence-corrected chi connectivity index (χ0v) is 12.6. The number of halogens is 3. The van der Waals surface area contributed by atoms with Crippen LogP contribution < -0.4 is 5.73 Å². The minimum atomic E-state index is -0.992. The maximum atomic E-state index is 11.2. The number of carboxylic acid groups (broad SMARTS) is 1. The maximum absolute atomic E-state index is 11.2. The Bertz CT molecular complexity index is 527. The Hall–Kier alpha value is -0.900. The summed E-state index contributed by atoms with van der Waals surface area (Å²) in [4.78, 5) is 11.2. The van der Waals surface area contributed by atoms with Crippen molar-refractivity contribution in [3.05, 3.63) is 32.3 Å². The largest absolute Gasteiger partial charge is 0.478 e. The van der Waals surface area contributed by atoms with Crippen molar-refractivity contribution in [2.24, 2.45) is 0 Å². The second kappa shape index (κ2) is 7.04. The number of nitrogen functional groups attached to an aromatic ring is 1. The van der Waals surface area contributed by atoms with Crippen LogP contribution in [0.2, 0.25) is 15.1 Å². The average molecular weight is 323 g/mol. The van der Waals surface area contributed by atoms with E-state index in [1.165, 1.54) is 12.1 Å². The van der Waals surface area contributed by atoms with Gasteiger partial charge in [-0.25, -0.2) is 4.79 Å². The van der Waals surface area contributed by atoms with Crippen molar-refractivity contribution >= 4 is 52.5 Å². The zero-order valence-electron chi connectivity index (χ0n) is 10.3. The highest BCUT2D eigenvalue weighted by Crippen LogP contribution is 2.37. The topological polar surface area (TPSA) is 63.3 Å². The maximum Gasteiger partial charge on any atom is 0.331 e. The van der Waals surface area contributed by atoms with Gasteiger partial charge in [-0.15, -0.1) is 0 Å². The van der Waals surface area contributed by atoms with E-state index in [1.54, 1.807) is 0 Å². The summed E-state index contributed by atoms with van der Waals surface area (Å²) in [6.45, 7) is 1.99. The van der Waals surface area contributed by atoms with Crippen LogP contribution in [-0.2, 0) is 4.79 Å². The summed E-state index contributed by atoms with van der Waals surface area (Å²) >= 11 is 17.9. The van der Waals surface area contributed by atoms with Crippen LogP contribution in [0, 0.1) is 0 Å². The van der Waals surface area contributed by atoms with Gasteiger partial charge in [0.15, 0.2) is 0 Å². The van der Waals surface area contributed by atoms with E-state index in [-0.39, 0.29) is 26.3 Å². The Morgan fingerprint density at radius 3 is 2.53 bits per heavy atom. The monoisotopic (exact) mass is 321 g/mol. The number of rotatable bonds is 5. The first-order chi connectivity index (χ1) is 8.88. The molecular formula is C13H14Cl3NO2. The molecule has 0 radical (unpaired) electrons. The highest BCUT2D eigenvalue weighted by atomic mass is 35.5. The fourth-order valence-corrected chi connectivity index (χ4v) is 2.41. The van der Waals surface area contributed by atoms with Gasteiger partial charge in [-0.05, 0) is 25.0 Å². The van der Waals surface area contributed by atoms with E-state index in [9.17, 15) is 4.79 Å². The van der Waals surface area contributed by atoms with E-state index in [0.29, 0.717) is 12.0 Å². The van der Waals surface area contributed by atoms with Crippen LogP contribution in [0.4, 0.5) is 5.69 Å². The second-order valence-corrected chi connectivity index (χ2v) is 5.25. The van der Waals surface area contributed by atoms with Gasteiger partial charge in [0.1, 0.15) is 0 Å². The first-order valence-electron chi connectivity index (χ1n) is 5.75. The molecular weight excluding hydrogens is 309 g/mol. The molecule has 0 amide bonds. The van der Waals surface area contributed by atoms with E-state index in [0.717, 1.165) is 12.8 Å². The molecule has 6 heteroatoms. The fraction of sp³-hybridized carbons (Fsp3) is 0.308. The molecule has 0 heterocycles. The molecule has 3 N–H and O–H groups in total. The molecule has 0 unspecified atom stereocenters. The molecule has 0 atom stereocenters. The number of carboxylic acids is 1. The Morgan fingerprint density at radius 1 is 1.37 bits per heavy atom. The summed E-state index contributed by atoms with van der Waals surface area (Å²) in [5.41, 5.74) is 6.53. The van der Waals surface area contributed by atoms with Crippen molar-refractivity contribution in [1.82, 2.24) is 0 Å². The number of hydrogen-bond donors (Lipinski definition) is 2. The van der Waals surface area contributed by atoms with E-state index >= 15 is 0 Å². The molecule has 0 fully saturated rings. The lowest BCUT2D eigenvalue weighted by Gasteiger charge is -2.09. The third-order valence-electron chi connectivity index (χ3n) is 2.63. The molecule has 1 aromatic carbocycles. The quantitative estimate of drug-likeness (QED) is 0.599. The van der Waals surface area contributed by atoms with Gasteiger partial charge in [0.25, 0.3) is 0 Å². The van der Waals surface area contributed by atoms with E-state index < -0.39 is 5.97 Å². The van der Waals surface area contributed by atoms with Crippen molar-refractivity contribution in [3.8, 4) is 0 Å². The highest BCUT2D eigenvalue weighted by Gasteiger charge is 2.14. The minimum absolute atomic E-state index is 0.174. The van der Waals surface area contributed by atoms with Gasteiger partial charge in [-0.3, -0.25) is 0 Å². The summed E-state index contributed by atoms with van der Waals surface area (Å²) in [5.74, 6) is -0.992. The lowest BCUT2D eigenvalue weighted by Crippen LogP contribution is -2.01. The van der Waals surface area contributed by atoms with Gasteiger partial charge in [-0.2, -0.15) is 0 Å². The normalized spacial score (nSPS) is 11.7. The summed E-state index contributed by atoms with van der Waals surface area (Å²) in [6.07, 6.45) is 3.57.